The van der Waals surface area contributed by atoms with Gasteiger partial charge in [0.15, 0.2) is 0 Å². The minimum absolute atomic E-state index is 0.0605. The minimum Gasteiger partial charge on any atom is -0.280 e. The lowest BCUT2D eigenvalue weighted by Gasteiger charge is -2.20. The van der Waals surface area contributed by atoms with Crippen molar-refractivity contribution in [2.75, 3.05) is 17.8 Å². The van der Waals surface area contributed by atoms with Gasteiger partial charge in [0, 0.05) is 24.8 Å². The van der Waals surface area contributed by atoms with Gasteiger partial charge in [-0.05, 0) is 49.2 Å². The third-order valence-electron chi connectivity index (χ3n) is 4.49. The molecule has 0 bridgehead atoms. The first kappa shape index (κ1) is 20.7. The predicted octanol–water partition coefficient (Wildman–Crippen LogP) is 3.33. The molecule has 2 aromatic carbocycles. The van der Waals surface area contributed by atoms with Gasteiger partial charge in [-0.1, -0.05) is 12.8 Å². The molecule has 0 amide bonds. The largest absolute Gasteiger partial charge is 0.280 e. The molecule has 0 unspecified atom stereocenters. The Labute approximate surface area is 163 Å². The zero-order valence-electron chi connectivity index (χ0n) is 14.9. The molecule has 3 rings (SSSR count). The van der Waals surface area contributed by atoms with Crippen molar-refractivity contribution in [2.45, 2.75) is 35.5 Å². The van der Waals surface area contributed by atoms with Crippen LogP contribution in [0.3, 0.4) is 0 Å². The zero-order chi connectivity index (χ0) is 20.4. The molecule has 152 valence electrons. The summed E-state index contributed by atoms with van der Waals surface area (Å²) in [5.41, 5.74) is 0.0681. The fraction of sp³-hybridized carbons (Fsp3) is 0.333. The normalized spacial score (nSPS) is 16.5. The summed E-state index contributed by atoms with van der Waals surface area (Å²) in [4.78, 5) is -0.638. The summed E-state index contributed by atoms with van der Waals surface area (Å²) in [7, 11) is -7.94. The first-order valence-electron chi connectivity index (χ1n) is 8.78. The first-order valence-corrected chi connectivity index (χ1v) is 11.7. The maximum atomic E-state index is 13.8. The highest BCUT2D eigenvalue weighted by molar-refractivity contribution is 7.92. The molecule has 1 heterocycles. The summed E-state index contributed by atoms with van der Waals surface area (Å²) in [6, 6.07) is 7.34. The van der Waals surface area contributed by atoms with E-state index in [0.717, 1.165) is 37.8 Å². The van der Waals surface area contributed by atoms with Crippen LogP contribution in [-0.2, 0) is 20.0 Å². The number of hydrogen-bond acceptors (Lipinski definition) is 4. The Balaban J connectivity index is 1.80. The molecule has 0 aromatic heterocycles. The quantitative estimate of drug-likeness (QED) is 0.789. The summed E-state index contributed by atoms with van der Waals surface area (Å²) in [5.74, 6) is -2.10. The molecule has 1 aliphatic rings. The van der Waals surface area contributed by atoms with E-state index in [2.05, 4.69) is 4.72 Å². The number of nitrogens with one attached hydrogen (secondary N) is 1. The molecule has 0 saturated carbocycles. The van der Waals surface area contributed by atoms with Crippen LogP contribution in [0.4, 0.5) is 14.5 Å². The second-order valence-electron chi connectivity index (χ2n) is 6.52. The summed E-state index contributed by atoms with van der Waals surface area (Å²) < 4.78 is 80.4. The topological polar surface area (TPSA) is 83.5 Å². The van der Waals surface area contributed by atoms with Gasteiger partial charge in [0.1, 0.15) is 16.5 Å². The maximum Gasteiger partial charge on any atom is 0.264 e. The molecule has 1 N–H and O–H groups in total. The second kappa shape index (κ2) is 8.14. The van der Waals surface area contributed by atoms with Gasteiger partial charge >= 0.3 is 0 Å². The predicted molar refractivity (Wildman–Crippen MR) is 101 cm³/mol. The van der Waals surface area contributed by atoms with Crippen molar-refractivity contribution in [3.8, 4) is 0 Å². The van der Waals surface area contributed by atoms with E-state index in [1.165, 1.54) is 28.6 Å². The van der Waals surface area contributed by atoms with E-state index in [1.54, 1.807) is 0 Å². The average Bonchev–Trinajstić information content (AvgIpc) is 2.91. The number of nitrogens with zero attached hydrogens (tertiary/aromatic N) is 1. The zero-order valence-corrected chi connectivity index (χ0v) is 16.6. The minimum atomic E-state index is -4.29. The standard InChI is InChI=1S/C18H20F2N2O4S2/c19-14-5-10-18(17(20)13-14)27(23,24)21-15-6-8-16(9-7-15)28(25,26)22-11-3-1-2-4-12-22/h5-10,13,21H,1-4,11-12H2. The van der Waals surface area contributed by atoms with Gasteiger partial charge in [0.2, 0.25) is 10.0 Å². The molecule has 10 heteroatoms. The Morgan fingerprint density at radius 2 is 1.43 bits per heavy atom. The molecule has 0 radical (unpaired) electrons. The molecule has 0 aliphatic carbocycles. The van der Waals surface area contributed by atoms with E-state index in [-0.39, 0.29) is 10.6 Å². The molecule has 28 heavy (non-hydrogen) atoms. The van der Waals surface area contributed by atoms with Crippen LogP contribution in [0.1, 0.15) is 25.7 Å². The van der Waals surface area contributed by atoms with Crippen LogP contribution in [0.5, 0.6) is 0 Å². The Kier molecular flexibility index (Phi) is 6.01. The van der Waals surface area contributed by atoms with E-state index in [4.69, 9.17) is 0 Å². The van der Waals surface area contributed by atoms with Crippen LogP contribution in [0, 0.1) is 11.6 Å². The number of anilines is 1. The number of halogens is 2. The molecule has 6 nitrogen and oxygen atoms in total. The number of sulfonamides is 2. The highest BCUT2D eigenvalue weighted by Crippen LogP contribution is 2.24. The molecular weight excluding hydrogens is 410 g/mol. The molecule has 1 aliphatic heterocycles. The monoisotopic (exact) mass is 430 g/mol. The van der Waals surface area contributed by atoms with Crippen molar-refractivity contribution in [3.63, 3.8) is 0 Å². The van der Waals surface area contributed by atoms with E-state index in [9.17, 15) is 25.6 Å². The Bertz CT molecular complexity index is 1050. The van der Waals surface area contributed by atoms with Crippen molar-refractivity contribution in [1.29, 1.82) is 0 Å². The molecule has 2 aromatic rings. The molecule has 1 saturated heterocycles. The average molecular weight is 430 g/mol. The second-order valence-corrected chi connectivity index (χ2v) is 10.1. The Morgan fingerprint density at radius 1 is 0.821 bits per heavy atom. The van der Waals surface area contributed by atoms with Crippen molar-refractivity contribution in [3.05, 3.63) is 54.1 Å². The van der Waals surface area contributed by atoms with Crippen molar-refractivity contribution in [2.24, 2.45) is 0 Å². The smallest absolute Gasteiger partial charge is 0.264 e. The van der Waals surface area contributed by atoms with Gasteiger partial charge in [-0.15, -0.1) is 0 Å². The maximum absolute atomic E-state index is 13.8. The summed E-state index contributed by atoms with van der Waals surface area (Å²) in [6.45, 7) is 0.918. The Morgan fingerprint density at radius 3 is 2.00 bits per heavy atom. The molecule has 0 atom stereocenters. The van der Waals surface area contributed by atoms with Crippen LogP contribution in [0.2, 0.25) is 0 Å². The lowest BCUT2D eigenvalue weighted by Crippen LogP contribution is -2.31. The van der Waals surface area contributed by atoms with Crippen molar-refractivity contribution >= 4 is 25.7 Å². The van der Waals surface area contributed by atoms with Gasteiger partial charge in [0.25, 0.3) is 10.0 Å². The van der Waals surface area contributed by atoms with Crippen LogP contribution >= 0.6 is 0 Å². The van der Waals surface area contributed by atoms with Crippen molar-refractivity contribution < 1.29 is 25.6 Å². The molecule has 0 spiro atoms. The summed E-state index contributed by atoms with van der Waals surface area (Å²) in [6.07, 6.45) is 3.60. The van der Waals surface area contributed by atoms with Crippen LogP contribution in [0.15, 0.2) is 52.3 Å². The fourth-order valence-corrected chi connectivity index (χ4v) is 5.67. The van der Waals surface area contributed by atoms with Crippen LogP contribution in [-0.4, -0.2) is 34.2 Å². The van der Waals surface area contributed by atoms with Crippen LogP contribution in [0.25, 0.3) is 0 Å². The molecular formula is C18H20F2N2O4S2. The van der Waals surface area contributed by atoms with Crippen LogP contribution < -0.4 is 4.72 Å². The van der Waals surface area contributed by atoms with Gasteiger partial charge < -0.3 is 0 Å². The van der Waals surface area contributed by atoms with E-state index < -0.39 is 36.6 Å². The molecule has 1 fully saturated rings. The third kappa shape index (κ3) is 4.50. The fourth-order valence-electron chi connectivity index (χ4n) is 3.03. The van der Waals surface area contributed by atoms with Gasteiger partial charge in [-0.25, -0.2) is 25.6 Å². The summed E-state index contributed by atoms with van der Waals surface area (Å²) >= 11 is 0. The third-order valence-corrected chi connectivity index (χ3v) is 7.82. The number of rotatable bonds is 5. The van der Waals surface area contributed by atoms with E-state index in [0.29, 0.717) is 19.2 Å². The number of hydrogen-bond donors (Lipinski definition) is 1. The first-order chi connectivity index (χ1) is 13.2. The SMILES string of the molecule is O=S(=O)(Nc1ccc(S(=O)(=O)N2CCCCCC2)cc1)c1ccc(F)cc1F. The van der Waals surface area contributed by atoms with E-state index in [1.807, 2.05) is 0 Å². The lowest BCUT2D eigenvalue weighted by atomic mass is 10.2. The number of benzene rings is 2. The highest BCUT2D eigenvalue weighted by Gasteiger charge is 2.25. The summed E-state index contributed by atoms with van der Waals surface area (Å²) in [5, 5.41) is 0. The van der Waals surface area contributed by atoms with Crippen molar-refractivity contribution in [1.82, 2.24) is 4.31 Å². The van der Waals surface area contributed by atoms with Gasteiger partial charge in [0.05, 0.1) is 4.90 Å². The van der Waals surface area contributed by atoms with E-state index >= 15 is 0 Å². The van der Waals surface area contributed by atoms with Gasteiger partial charge in [-0.2, -0.15) is 4.31 Å². The lowest BCUT2D eigenvalue weighted by molar-refractivity contribution is 0.424. The van der Waals surface area contributed by atoms with Gasteiger partial charge in [-0.3, -0.25) is 4.72 Å². The Hall–Kier alpha value is -2.04. The highest BCUT2D eigenvalue weighted by atomic mass is 32.2.